The van der Waals surface area contributed by atoms with Gasteiger partial charge in [-0.3, -0.25) is 9.20 Å². The first-order valence-electron chi connectivity index (χ1n) is 9.15. The third kappa shape index (κ3) is 3.29. The smallest absolute Gasteiger partial charge is 0.340 e. The molecule has 28 heavy (non-hydrogen) atoms. The molecule has 2 aromatic heterocycles. The molecule has 0 radical (unpaired) electrons. The number of hydrogen-bond acceptors (Lipinski definition) is 4. The summed E-state index contributed by atoms with van der Waals surface area (Å²) in [5.74, 6) is -0.558. The maximum atomic E-state index is 12.9. The largest absolute Gasteiger partial charge is 0.462 e. The average Bonchev–Trinajstić information content (AvgIpc) is 2.67. The van der Waals surface area contributed by atoms with Gasteiger partial charge in [-0.05, 0) is 35.6 Å². The molecule has 0 amide bonds. The number of ether oxygens (including phenoxy) is 1. The summed E-state index contributed by atoms with van der Waals surface area (Å²) in [5.41, 5.74) is 2.14. The van der Waals surface area contributed by atoms with E-state index in [2.05, 4.69) is 20.8 Å². The van der Waals surface area contributed by atoms with Crippen LogP contribution in [0.4, 0.5) is 0 Å². The van der Waals surface area contributed by atoms with Crippen molar-refractivity contribution in [2.24, 2.45) is 0 Å². The normalized spacial score (nSPS) is 11.2. The Morgan fingerprint density at radius 2 is 1.82 bits per heavy atom. The van der Waals surface area contributed by atoms with Gasteiger partial charge in [-0.2, -0.15) is 5.26 Å². The first-order valence-corrected chi connectivity index (χ1v) is 9.15. The number of rotatable bonds is 3. The Labute approximate surface area is 163 Å². The molecular formula is C23H22N2O3. The molecule has 0 saturated heterocycles. The highest BCUT2D eigenvalue weighted by atomic mass is 16.5. The van der Waals surface area contributed by atoms with E-state index in [1.54, 1.807) is 31.3 Å². The lowest BCUT2D eigenvalue weighted by Crippen LogP contribution is -2.22. The summed E-state index contributed by atoms with van der Waals surface area (Å²) in [6.45, 7) is 8.24. The Kier molecular flexibility index (Phi) is 5.06. The van der Waals surface area contributed by atoms with Crippen LogP contribution in [0, 0.1) is 11.3 Å². The number of esters is 1. The monoisotopic (exact) mass is 374 g/mol. The molecule has 0 fully saturated rings. The van der Waals surface area contributed by atoms with Crippen molar-refractivity contribution >= 4 is 11.5 Å². The molecule has 0 aliphatic rings. The van der Waals surface area contributed by atoms with Crippen LogP contribution in [-0.4, -0.2) is 17.0 Å². The topological polar surface area (TPSA) is 71.6 Å². The van der Waals surface area contributed by atoms with Crippen molar-refractivity contribution in [3.63, 3.8) is 0 Å². The summed E-state index contributed by atoms with van der Waals surface area (Å²) in [5, 5.41) is 9.72. The van der Waals surface area contributed by atoms with Gasteiger partial charge in [0.1, 0.15) is 11.6 Å². The SMILES string of the molecule is CCOC(=O)c1c(-c2ccc(C(C)(C)C)cc2)c(C#N)c(=O)n2ccccc12. The Hall–Kier alpha value is -3.39. The van der Waals surface area contributed by atoms with Crippen LogP contribution < -0.4 is 5.56 Å². The van der Waals surface area contributed by atoms with Crippen LogP contribution in [-0.2, 0) is 10.2 Å². The number of aromatic nitrogens is 1. The Morgan fingerprint density at radius 3 is 2.39 bits per heavy atom. The van der Waals surface area contributed by atoms with Gasteiger partial charge in [0, 0.05) is 11.8 Å². The van der Waals surface area contributed by atoms with Crippen LogP contribution in [0.2, 0.25) is 0 Å². The van der Waals surface area contributed by atoms with E-state index in [1.165, 1.54) is 4.40 Å². The summed E-state index contributed by atoms with van der Waals surface area (Å²) >= 11 is 0. The number of pyridine rings is 2. The van der Waals surface area contributed by atoms with Gasteiger partial charge in [0.2, 0.25) is 0 Å². The van der Waals surface area contributed by atoms with Crippen LogP contribution in [0.5, 0.6) is 0 Å². The minimum Gasteiger partial charge on any atom is -0.462 e. The first kappa shape index (κ1) is 19.4. The van der Waals surface area contributed by atoms with Crippen molar-refractivity contribution in [3.8, 4) is 17.2 Å². The molecule has 0 atom stereocenters. The van der Waals surface area contributed by atoms with Gasteiger partial charge in [-0.1, -0.05) is 51.1 Å². The van der Waals surface area contributed by atoms with Crippen molar-refractivity contribution in [3.05, 3.63) is 75.7 Å². The van der Waals surface area contributed by atoms with Crippen molar-refractivity contribution in [2.75, 3.05) is 6.61 Å². The second-order valence-corrected chi connectivity index (χ2v) is 7.55. The van der Waals surface area contributed by atoms with Crippen LogP contribution in [0.3, 0.4) is 0 Å². The highest BCUT2D eigenvalue weighted by Crippen LogP contribution is 2.31. The van der Waals surface area contributed by atoms with Gasteiger partial charge in [0.05, 0.1) is 17.7 Å². The molecule has 0 bridgehead atoms. The Balaban J connectivity index is 2.41. The van der Waals surface area contributed by atoms with Crippen LogP contribution >= 0.6 is 0 Å². The van der Waals surface area contributed by atoms with Crippen molar-refractivity contribution < 1.29 is 9.53 Å². The molecule has 0 unspecified atom stereocenters. The quantitative estimate of drug-likeness (QED) is 0.640. The molecule has 3 rings (SSSR count). The molecule has 5 nitrogen and oxygen atoms in total. The van der Waals surface area contributed by atoms with Gasteiger partial charge in [0.15, 0.2) is 0 Å². The summed E-state index contributed by atoms with van der Waals surface area (Å²) in [7, 11) is 0. The molecule has 142 valence electrons. The minimum atomic E-state index is -0.558. The van der Waals surface area contributed by atoms with E-state index in [-0.39, 0.29) is 23.1 Å². The molecule has 0 saturated carbocycles. The molecule has 3 aromatic rings. The molecule has 5 heteroatoms. The number of hydrogen-bond donors (Lipinski definition) is 0. The molecule has 0 spiro atoms. The van der Waals surface area contributed by atoms with Gasteiger partial charge < -0.3 is 4.74 Å². The van der Waals surface area contributed by atoms with Gasteiger partial charge >= 0.3 is 5.97 Å². The van der Waals surface area contributed by atoms with Crippen LogP contribution in [0.25, 0.3) is 16.6 Å². The number of benzene rings is 1. The van der Waals surface area contributed by atoms with E-state index < -0.39 is 11.5 Å². The summed E-state index contributed by atoms with van der Waals surface area (Å²) in [6.07, 6.45) is 1.55. The standard InChI is InChI=1S/C23H22N2O3/c1-5-28-22(27)20-18-8-6-7-13-25(18)21(26)17(14-24)19(20)15-9-11-16(12-10-15)23(2,3)4/h6-13H,5H2,1-4H3. The van der Waals surface area contributed by atoms with E-state index in [0.717, 1.165) is 5.56 Å². The lowest BCUT2D eigenvalue weighted by Gasteiger charge is -2.20. The second kappa shape index (κ2) is 7.32. The lowest BCUT2D eigenvalue weighted by atomic mass is 9.85. The highest BCUT2D eigenvalue weighted by Gasteiger charge is 2.25. The lowest BCUT2D eigenvalue weighted by molar-refractivity contribution is 0.0529. The summed E-state index contributed by atoms with van der Waals surface area (Å²) in [4.78, 5) is 25.7. The zero-order valence-corrected chi connectivity index (χ0v) is 16.4. The number of nitriles is 1. The van der Waals surface area contributed by atoms with Gasteiger partial charge in [-0.15, -0.1) is 0 Å². The number of carbonyl (C=O) groups is 1. The molecule has 0 aliphatic heterocycles. The fraction of sp³-hybridized carbons (Fsp3) is 0.261. The highest BCUT2D eigenvalue weighted by molar-refractivity contribution is 6.05. The molecule has 0 N–H and O–H groups in total. The summed E-state index contributed by atoms with van der Waals surface area (Å²) in [6, 6.07) is 14.7. The third-order valence-electron chi connectivity index (χ3n) is 4.68. The minimum absolute atomic E-state index is 0.0382. The van der Waals surface area contributed by atoms with Crippen molar-refractivity contribution in [2.45, 2.75) is 33.1 Å². The van der Waals surface area contributed by atoms with Crippen molar-refractivity contribution in [1.82, 2.24) is 4.40 Å². The van der Waals surface area contributed by atoms with Crippen LogP contribution in [0.1, 0.15) is 49.2 Å². The van der Waals surface area contributed by atoms with E-state index in [9.17, 15) is 14.9 Å². The van der Waals surface area contributed by atoms with Crippen molar-refractivity contribution in [1.29, 1.82) is 5.26 Å². The fourth-order valence-electron chi connectivity index (χ4n) is 3.24. The molecule has 2 heterocycles. The van der Waals surface area contributed by atoms with Gasteiger partial charge in [-0.25, -0.2) is 4.79 Å². The summed E-state index contributed by atoms with van der Waals surface area (Å²) < 4.78 is 6.57. The first-order chi connectivity index (χ1) is 13.3. The molecule has 1 aromatic carbocycles. The second-order valence-electron chi connectivity index (χ2n) is 7.55. The maximum Gasteiger partial charge on any atom is 0.340 e. The molecular weight excluding hydrogens is 352 g/mol. The Bertz CT molecular complexity index is 1140. The van der Waals surface area contributed by atoms with E-state index >= 15 is 0 Å². The van der Waals surface area contributed by atoms with E-state index in [0.29, 0.717) is 16.6 Å². The zero-order valence-electron chi connectivity index (χ0n) is 16.4. The molecule has 0 aliphatic carbocycles. The number of nitrogens with zero attached hydrogens (tertiary/aromatic N) is 2. The fourth-order valence-corrected chi connectivity index (χ4v) is 3.24. The zero-order chi connectivity index (χ0) is 20.5. The van der Waals surface area contributed by atoms with Gasteiger partial charge in [0.25, 0.3) is 5.56 Å². The number of fused-ring (bicyclic) bond motifs is 1. The maximum absolute atomic E-state index is 12.9. The predicted molar refractivity (Wildman–Crippen MR) is 108 cm³/mol. The number of carbonyl (C=O) groups excluding carboxylic acids is 1. The van der Waals surface area contributed by atoms with Crippen LogP contribution in [0.15, 0.2) is 53.5 Å². The average molecular weight is 374 g/mol. The predicted octanol–water partition coefficient (Wildman–Crippen LogP) is 4.31. The Morgan fingerprint density at radius 1 is 1.14 bits per heavy atom. The van der Waals surface area contributed by atoms with E-state index in [4.69, 9.17) is 4.74 Å². The van der Waals surface area contributed by atoms with E-state index in [1.807, 2.05) is 30.3 Å². The third-order valence-corrected chi connectivity index (χ3v) is 4.68.